The SMILES string of the molecule is CC(C)Oc1ccc(C(=O)Nc2ncc(Cc3ccccc3F)s2)cc1. The topological polar surface area (TPSA) is 51.2 Å². The lowest BCUT2D eigenvalue weighted by Crippen LogP contribution is -2.11. The molecule has 3 rings (SSSR count). The van der Waals surface area contributed by atoms with E-state index in [0.29, 0.717) is 22.7 Å². The molecule has 0 aliphatic carbocycles. The van der Waals surface area contributed by atoms with Crippen LogP contribution in [-0.4, -0.2) is 17.0 Å². The molecule has 0 aliphatic heterocycles. The molecule has 0 bridgehead atoms. The highest BCUT2D eigenvalue weighted by molar-refractivity contribution is 7.15. The molecular weight excluding hydrogens is 351 g/mol. The van der Waals surface area contributed by atoms with Crippen LogP contribution in [0.2, 0.25) is 0 Å². The van der Waals surface area contributed by atoms with Crippen LogP contribution < -0.4 is 10.1 Å². The predicted octanol–water partition coefficient (Wildman–Crippen LogP) is 4.91. The Balaban J connectivity index is 1.63. The molecule has 4 nitrogen and oxygen atoms in total. The van der Waals surface area contributed by atoms with E-state index in [9.17, 15) is 9.18 Å². The average Bonchev–Trinajstić information content (AvgIpc) is 3.04. The van der Waals surface area contributed by atoms with Gasteiger partial charge in [0.15, 0.2) is 5.13 Å². The first-order chi connectivity index (χ1) is 12.5. The van der Waals surface area contributed by atoms with E-state index in [1.54, 1.807) is 48.7 Å². The summed E-state index contributed by atoms with van der Waals surface area (Å²) in [6.45, 7) is 3.89. The molecule has 3 aromatic rings. The van der Waals surface area contributed by atoms with E-state index >= 15 is 0 Å². The fraction of sp³-hybridized carbons (Fsp3) is 0.200. The normalized spacial score (nSPS) is 10.8. The second-order valence-electron chi connectivity index (χ2n) is 6.05. The van der Waals surface area contributed by atoms with Gasteiger partial charge in [0.05, 0.1) is 6.10 Å². The molecule has 1 N–H and O–H groups in total. The third kappa shape index (κ3) is 4.67. The van der Waals surface area contributed by atoms with E-state index in [4.69, 9.17) is 4.74 Å². The molecule has 0 fully saturated rings. The zero-order chi connectivity index (χ0) is 18.5. The highest BCUT2D eigenvalue weighted by atomic mass is 32.1. The Bertz CT molecular complexity index is 891. The zero-order valence-corrected chi connectivity index (χ0v) is 15.3. The minimum atomic E-state index is -0.243. The molecule has 1 amide bonds. The lowest BCUT2D eigenvalue weighted by molar-refractivity contribution is 0.102. The van der Waals surface area contributed by atoms with Crippen molar-refractivity contribution in [3.05, 3.63) is 76.5 Å². The summed E-state index contributed by atoms with van der Waals surface area (Å²) in [5.74, 6) is 0.237. The number of thiazole rings is 1. The van der Waals surface area contributed by atoms with E-state index < -0.39 is 0 Å². The Morgan fingerprint density at radius 2 is 1.92 bits per heavy atom. The second-order valence-corrected chi connectivity index (χ2v) is 7.16. The number of amides is 1. The van der Waals surface area contributed by atoms with Crippen LogP contribution in [0.5, 0.6) is 5.75 Å². The van der Waals surface area contributed by atoms with Crippen LogP contribution in [0.3, 0.4) is 0 Å². The van der Waals surface area contributed by atoms with Crippen molar-refractivity contribution >= 4 is 22.4 Å². The highest BCUT2D eigenvalue weighted by Gasteiger charge is 2.11. The molecule has 0 unspecified atom stereocenters. The summed E-state index contributed by atoms with van der Waals surface area (Å²) in [5.41, 5.74) is 1.13. The van der Waals surface area contributed by atoms with E-state index in [0.717, 1.165) is 10.6 Å². The van der Waals surface area contributed by atoms with Gasteiger partial charge >= 0.3 is 0 Å². The van der Waals surface area contributed by atoms with E-state index in [-0.39, 0.29) is 17.8 Å². The lowest BCUT2D eigenvalue weighted by atomic mass is 10.1. The Hall–Kier alpha value is -2.73. The van der Waals surface area contributed by atoms with Gasteiger partial charge in [0.1, 0.15) is 11.6 Å². The second kappa shape index (κ2) is 8.10. The van der Waals surface area contributed by atoms with Crippen LogP contribution in [0, 0.1) is 5.82 Å². The molecule has 26 heavy (non-hydrogen) atoms. The van der Waals surface area contributed by atoms with Crippen LogP contribution in [0.15, 0.2) is 54.7 Å². The number of nitrogens with zero attached hydrogens (tertiary/aromatic N) is 1. The number of hydrogen-bond acceptors (Lipinski definition) is 4. The highest BCUT2D eigenvalue weighted by Crippen LogP contribution is 2.23. The summed E-state index contributed by atoms with van der Waals surface area (Å²) >= 11 is 1.34. The molecule has 1 aromatic heterocycles. The van der Waals surface area contributed by atoms with Gasteiger partial charge in [-0.25, -0.2) is 9.37 Å². The summed E-state index contributed by atoms with van der Waals surface area (Å²) in [5, 5.41) is 3.26. The number of carbonyl (C=O) groups excluding carboxylic acids is 1. The number of ether oxygens (including phenoxy) is 1. The van der Waals surface area contributed by atoms with Crippen LogP contribution in [0.1, 0.15) is 34.6 Å². The van der Waals surface area contributed by atoms with Gasteiger partial charge in [-0.15, -0.1) is 11.3 Å². The molecule has 2 aromatic carbocycles. The predicted molar refractivity (Wildman–Crippen MR) is 101 cm³/mol. The van der Waals surface area contributed by atoms with E-state index in [1.165, 1.54) is 17.4 Å². The minimum absolute atomic E-state index is 0.0814. The summed E-state index contributed by atoms with van der Waals surface area (Å²) < 4.78 is 19.3. The maximum absolute atomic E-state index is 13.7. The van der Waals surface area contributed by atoms with Gasteiger partial charge in [-0.1, -0.05) is 18.2 Å². The number of hydrogen-bond donors (Lipinski definition) is 1. The van der Waals surface area contributed by atoms with Gasteiger partial charge in [0.2, 0.25) is 0 Å². The maximum Gasteiger partial charge on any atom is 0.257 e. The van der Waals surface area contributed by atoms with Crippen molar-refractivity contribution in [2.75, 3.05) is 5.32 Å². The first kappa shape index (κ1) is 18.1. The Morgan fingerprint density at radius 1 is 1.19 bits per heavy atom. The largest absolute Gasteiger partial charge is 0.491 e. The lowest BCUT2D eigenvalue weighted by Gasteiger charge is -2.09. The Morgan fingerprint density at radius 3 is 2.62 bits per heavy atom. The van der Waals surface area contributed by atoms with E-state index in [2.05, 4.69) is 10.3 Å². The number of nitrogens with one attached hydrogen (secondary N) is 1. The molecule has 0 spiro atoms. The summed E-state index contributed by atoms with van der Waals surface area (Å²) in [6.07, 6.45) is 2.19. The molecule has 6 heteroatoms. The van der Waals surface area contributed by atoms with Crippen molar-refractivity contribution in [2.24, 2.45) is 0 Å². The van der Waals surface area contributed by atoms with Crippen molar-refractivity contribution in [1.29, 1.82) is 0 Å². The van der Waals surface area contributed by atoms with Gasteiger partial charge in [0, 0.05) is 23.1 Å². The first-order valence-electron chi connectivity index (χ1n) is 8.27. The number of rotatable bonds is 6. The monoisotopic (exact) mass is 370 g/mol. The minimum Gasteiger partial charge on any atom is -0.491 e. The Labute approximate surface area is 155 Å². The molecule has 0 radical (unpaired) electrons. The quantitative estimate of drug-likeness (QED) is 0.670. The van der Waals surface area contributed by atoms with Gasteiger partial charge in [0.25, 0.3) is 5.91 Å². The summed E-state index contributed by atoms with van der Waals surface area (Å²) in [4.78, 5) is 17.4. The number of carbonyl (C=O) groups is 1. The molecule has 0 saturated heterocycles. The van der Waals surface area contributed by atoms with Crippen LogP contribution >= 0.6 is 11.3 Å². The number of aromatic nitrogens is 1. The standard InChI is InChI=1S/C20H19FN2O2S/c1-13(2)25-16-9-7-14(8-10-16)19(24)23-20-22-12-17(26-20)11-15-5-3-4-6-18(15)21/h3-10,12-13H,11H2,1-2H3,(H,22,23,24). The molecule has 0 saturated carbocycles. The number of benzene rings is 2. The third-order valence-electron chi connectivity index (χ3n) is 3.58. The van der Waals surface area contributed by atoms with Gasteiger partial charge in [-0.05, 0) is 49.7 Å². The van der Waals surface area contributed by atoms with Crippen LogP contribution in [0.4, 0.5) is 9.52 Å². The van der Waals surface area contributed by atoms with E-state index in [1.807, 2.05) is 13.8 Å². The first-order valence-corrected chi connectivity index (χ1v) is 9.09. The summed E-state index contributed by atoms with van der Waals surface area (Å²) in [7, 11) is 0. The van der Waals surface area contributed by atoms with Crippen LogP contribution in [-0.2, 0) is 6.42 Å². The third-order valence-corrected chi connectivity index (χ3v) is 4.50. The molecular formula is C20H19FN2O2S. The molecule has 134 valence electrons. The van der Waals surface area contributed by atoms with Crippen LogP contribution in [0.25, 0.3) is 0 Å². The van der Waals surface area contributed by atoms with Crippen molar-refractivity contribution in [3.8, 4) is 5.75 Å². The fourth-order valence-electron chi connectivity index (χ4n) is 2.40. The van der Waals surface area contributed by atoms with Gasteiger partial charge in [-0.2, -0.15) is 0 Å². The molecule has 1 heterocycles. The van der Waals surface area contributed by atoms with Crippen molar-refractivity contribution in [1.82, 2.24) is 4.98 Å². The zero-order valence-electron chi connectivity index (χ0n) is 14.5. The maximum atomic E-state index is 13.7. The van der Waals surface area contributed by atoms with Gasteiger partial charge < -0.3 is 4.74 Å². The smallest absolute Gasteiger partial charge is 0.257 e. The molecule has 0 aliphatic rings. The molecule has 0 atom stereocenters. The Kier molecular flexibility index (Phi) is 5.63. The van der Waals surface area contributed by atoms with Gasteiger partial charge in [-0.3, -0.25) is 10.1 Å². The van der Waals surface area contributed by atoms with Crippen molar-refractivity contribution < 1.29 is 13.9 Å². The van der Waals surface area contributed by atoms with Crippen molar-refractivity contribution in [3.63, 3.8) is 0 Å². The fourth-order valence-corrected chi connectivity index (χ4v) is 3.23. The average molecular weight is 370 g/mol. The summed E-state index contributed by atoms with van der Waals surface area (Å²) in [6, 6.07) is 13.6. The van der Waals surface area contributed by atoms with Crippen molar-refractivity contribution in [2.45, 2.75) is 26.4 Å². The number of anilines is 1. The number of halogens is 1.